The summed E-state index contributed by atoms with van der Waals surface area (Å²) in [7, 11) is 0. The van der Waals surface area contributed by atoms with E-state index in [1.54, 1.807) is 6.33 Å². The van der Waals surface area contributed by atoms with Crippen LogP contribution in [0, 0.1) is 11.8 Å². The van der Waals surface area contributed by atoms with Gasteiger partial charge in [0.15, 0.2) is 0 Å². The van der Waals surface area contributed by atoms with E-state index in [1.165, 1.54) is 0 Å². The number of anilines is 2. The van der Waals surface area contributed by atoms with Crippen LogP contribution in [-0.4, -0.2) is 53.5 Å². The van der Waals surface area contributed by atoms with Crippen molar-refractivity contribution in [1.82, 2.24) is 14.9 Å². The van der Waals surface area contributed by atoms with Gasteiger partial charge < -0.3 is 15.1 Å². The standard InChI is InChI=1S/C21H35N5O/c1-3-10-22-19-15-20(24-16-23-19)25-13-8-18(9-14-25)4-5-21(27)26-11-6-17(2)7-12-26/h15-18H,3-14H2,1-2H3,(H,22,23,24). The number of piperidine rings is 2. The topological polar surface area (TPSA) is 61.4 Å². The molecule has 0 atom stereocenters. The molecule has 27 heavy (non-hydrogen) atoms. The third-order valence-corrected chi connectivity index (χ3v) is 6.05. The molecule has 6 heteroatoms. The molecule has 3 rings (SSSR count). The average Bonchev–Trinajstić information content (AvgIpc) is 2.71. The molecule has 2 aliphatic heterocycles. The highest BCUT2D eigenvalue weighted by Crippen LogP contribution is 2.26. The van der Waals surface area contributed by atoms with Crippen molar-refractivity contribution < 1.29 is 4.79 Å². The van der Waals surface area contributed by atoms with Crippen LogP contribution in [0.5, 0.6) is 0 Å². The van der Waals surface area contributed by atoms with E-state index in [-0.39, 0.29) is 0 Å². The van der Waals surface area contributed by atoms with Crippen molar-refractivity contribution in [3.8, 4) is 0 Å². The fourth-order valence-electron chi connectivity index (χ4n) is 4.06. The van der Waals surface area contributed by atoms with Crippen molar-refractivity contribution in [3.05, 3.63) is 12.4 Å². The molecular weight excluding hydrogens is 338 g/mol. The Balaban J connectivity index is 1.40. The molecule has 1 amide bonds. The molecule has 2 saturated heterocycles. The largest absolute Gasteiger partial charge is 0.370 e. The fraction of sp³-hybridized carbons (Fsp3) is 0.762. The minimum atomic E-state index is 0.367. The quantitative estimate of drug-likeness (QED) is 0.792. The number of hydrogen-bond acceptors (Lipinski definition) is 5. The van der Waals surface area contributed by atoms with E-state index in [9.17, 15) is 4.79 Å². The Morgan fingerprint density at radius 3 is 2.59 bits per heavy atom. The van der Waals surface area contributed by atoms with E-state index in [1.807, 2.05) is 0 Å². The van der Waals surface area contributed by atoms with Crippen molar-refractivity contribution in [2.24, 2.45) is 11.8 Å². The molecule has 0 saturated carbocycles. The molecule has 1 N–H and O–H groups in total. The van der Waals surface area contributed by atoms with E-state index in [0.29, 0.717) is 11.8 Å². The van der Waals surface area contributed by atoms with Gasteiger partial charge in [0.05, 0.1) is 0 Å². The number of likely N-dealkylation sites (tertiary alicyclic amines) is 1. The molecule has 2 aliphatic rings. The molecule has 6 nitrogen and oxygen atoms in total. The summed E-state index contributed by atoms with van der Waals surface area (Å²) in [6, 6.07) is 2.05. The second kappa shape index (κ2) is 9.90. The highest BCUT2D eigenvalue weighted by molar-refractivity contribution is 5.76. The van der Waals surface area contributed by atoms with Gasteiger partial charge in [-0.25, -0.2) is 9.97 Å². The molecule has 1 aromatic rings. The summed E-state index contributed by atoms with van der Waals surface area (Å²) in [5, 5.41) is 3.33. The molecule has 2 fully saturated rings. The highest BCUT2D eigenvalue weighted by atomic mass is 16.2. The van der Waals surface area contributed by atoms with E-state index in [0.717, 1.165) is 95.2 Å². The molecule has 0 radical (unpaired) electrons. The van der Waals surface area contributed by atoms with Crippen LogP contribution in [0.3, 0.4) is 0 Å². The number of nitrogens with zero attached hydrogens (tertiary/aromatic N) is 4. The number of carbonyl (C=O) groups excluding carboxylic acids is 1. The first-order chi connectivity index (χ1) is 13.2. The normalized spacial score (nSPS) is 19.3. The zero-order valence-electron chi connectivity index (χ0n) is 17.0. The van der Waals surface area contributed by atoms with E-state index >= 15 is 0 Å². The van der Waals surface area contributed by atoms with Crippen molar-refractivity contribution >= 4 is 17.5 Å². The number of nitrogens with one attached hydrogen (secondary N) is 1. The average molecular weight is 374 g/mol. The van der Waals surface area contributed by atoms with Gasteiger partial charge in [-0.05, 0) is 50.4 Å². The van der Waals surface area contributed by atoms with Crippen molar-refractivity contribution in [1.29, 1.82) is 0 Å². The molecule has 0 aliphatic carbocycles. The molecule has 150 valence electrons. The van der Waals surface area contributed by atoms with Gasteiger partial charge in [0.2, 0.25) is 5.91 Å². The predicted octanol–water partition coefficient (Wildman–Crippen LogP) is 3.55. The lowest BCUT2D eigenvalue weighted by atomic mass is 9.91. The Morgan fingerprint density at radius 1 is 1.15 bits per heavy atom. The smallest absolute Gasteiger partial charge is 0.222 e. The van der Waals surface area contributed by atoms with Gasteiger partial charge in [0.25, 0.3) is 0 Å². The molecule has 1 aromatic heterocycles. The maximum absolute atomic E-state index is 12.4. The third-order valence-electron chi connectivity index (χ3n) is 6.05. The number of aromatic nitrogens is 2. The van der Waals surface area contributed by atoms with Gasteiger partial charge in [-0.15, -0.1) is 0 Å². The Morgan fingerprint density at radius 2 is 1.89 bits per heavy atom. The Bertz CT molecular complexity index is 592. The van der Waals surface area contributed by atoms with Crippen LogP contribution < -0.4 is 10.2 Å². The van der Waals surface area contributed by atoms with Gasteiger partial charge in [-0.3, -0.25) is 4.79 Å². The number of carbonyl (C=O) groups is 1. The minimum absolute atomic E-state index is 0.367. The molecule has 0 unspecified atom stereocenters. The lowest BCUT2D eigenvalue weighted by Gasteiger charge is -2.34. The lowest BCUT2D eigenvalue weighted by molar-refractivity contribution is -0.132. The zero-order chi connectivity index (χ0) is 19.1. The maximum Gasteiger partial charge on any atom is 0.222 e. The van der Waals surface area contributed by atoms with Crippen LogP contribution in [0.1, 0.15) is 58.8 Å². The van der Waals surface area contributed by atoms with Crippen LogP contribution >= 0.6 is 0 Å². The zero-order valence-corrected chi connectivity index (χ0v) is 17.0. The third kappa shape index (κ3) is 5.81. The summed E-state index contributed by atoms with van der Waals surface area (Å²) < 4.78 is 0. The van der Waals surface area contributed by atoms with Gasteiger partial charge in [-0.2, -0.15) is 0 Å². The van der Waals surface area contributed by atoms with E-state index in [2.05, 4.69) is 45.0 Å². The van der Waals surface area contributed by atoms with Crippen LogP contribution in [0.25, 0.3) is 0 Å². The van der Waals surface area contributed by atoms with E-state index in [4.69, 9.17) is 0 Å². The van der Waals surface area contributed by atoms with Crippen molar-refractivity contribution in [2.75, 3.05) is 42.9 Å². The first-order valence-electron chi connectivity index (χ1n) is 10.7. The highest BCUT2D eigenvalue weighted by Gasteiger charge is 2.24. The fourth-order valence-corrected chi connectivity index (χ4v) is 4.06. The van der Waals surface area contributed by atoms with Gasteiger partial charge in [-0.1, -0.05) is 13.8 Å². The van der Waals surface area contributed by atoms with Crippen LogP contribution in [0.4, 0.5) is 11.6 Å². The summed E-state index contributed by atoms with van der Waals surface area (Å²) in [6.45, 7) is 9.32. The summed E-state index contributed by atoms with van der Waals surface area (Å²) in [5.74, 6) is 3.73. The summed E-state index contributed by atoms with van der Waals surface area (Å²) in [6.07, 6.45) is 9.11. The summed E-state index contributed by atoms with van der Waals surface area (Å²) >= 11 is 0. The second-order valence-corrected chi connectivity index (χ2v) is 8.22. The van der Waals surface area contributed by atoms with Crippen molar-refractivity contribution in [2.45, 2.75) is 58.8 Å². The van der Waals surface area contributed by atoms with Crippen LogP contribution in [0.15, 0.2) is 12.4 Å². The van der Waals surface area contributed by atoms with E-state index < -0.39 is 0 Å². The van der Waals surface area contributed by atoms with Gasteiger partial charge in [0.1, 0.15) is 18.0 Å². The van der Waals surface area contributed by atoms with Crippen molar-refractivity contribution in [3.63, 3.8) is 0 Å². The monoisotopic (exact) mass is 373 g/mol. The number of hydrogen-bond donors (Lipinski definition) is 1. The summed E-state index contributed by atoms with van der Waals surface area (Å²) in [4.78, 5) is 25.6. The molecular formula is C21H35N5O. The van der Waals surface area contributed by atoms with Crippen LogP contribution in [-0.2, 0) is 4.79 Å². The Hall–Kier alpha value is -1.85. The molecule has 0 aromatic carbocycles. The number of amides is 1. The SMILES string of the molecule is CCCNc1cc(N2CCC(CCC(=O)N3CCC(C)CC3)CC2)ncn1. The van der Waals surface area contributed by atoms with Crippen LogP contribution in [0.2, 0.25) is 0 Å². The maximum atomic E-state index is 12.4. The number of rotatable bonds is 7. The molecule has 0 spiro atoms. The summed E-state index contributed by atoms with van der Waals surface area (Å²) in [5.41, 5.74) is 0. The first kappa shape index (κ1) is 19.9. The van der Waals surface area contributed by atoms with Gasteiger partial charge >= 0.3 is 0 Å². The second-order valence-electron chi connectivity index (χ2n) is 8.22. The van der Waals surface area contributed by atoms with Gasteiger partial charge in [0, 0.05) is 45.2 Å². The first-order valence-corrected chi connectivity index (χ1v) is 10.7. The predicted molar refractivity (Wildman–Crippen MR) is 110 cm³/mol. The Kier molecular flexibility index (Phi) is 7.30. The lowest BCUT2D eigenvalue weighted by Crippen LogP contribution is -2.38. The Labute approximate surface area is 163 Å². The molecule has 3 heterocycles. The minimum Gasteiger partial charge on any atom is -0.370 e. The molecule has 0 bridgehead atoms.